The first-order chi connectivity index (χ1) is 10.1. The van der Waals surface area contributed by atoms with Gasteiger partial charge in [0.2, 0.25) is 0 Å². The van der Waals surface area contributed by atoms with E-state index < -0.39 is 11.6 Å². The van der Waals surface area contributed by atoms with Crippen LogP contribution < -0.4 is 5.32 Å². The van der Waals surface area contributed by atoms with Crippen LogP contribution in [0, 0.1) is 11.6 Å². The summed E-state index contributed by atoms with van der Waals surface area (Å²) in [4.78, 5) is 16.5. The maximum atomic E-state index is 13.7. The normalized spacial score (nSPS) is 10.6. The Morgan fingerprint density at radius 2 is 2.05 bits per heavy atom. The molecule has 0 atom stereocenters. The molecule has 7 heteroatoms. The van der Waals surface area contributed by atoms with Crippen molar-refractivity contribution in [1.29, 1.82) is 0 Å². The average molecular weight is 322 g/mol. The van der Waals surface area contributed by atoms with Gasteiger partial charge in [0.1, 0.15) is 11.6 Å². The third-order valence-corrected chi connectivity index (χ3v) is 4.30. The number of halogens is 2. The van der Waals surface area contributed by atoms with E-state index in [0.717, 1.165) is 29.5 Å². The smallest absolute Gasteiger partial charge is 0.267 e. The molecule has 21 heavy (non-hydrogen) atoms. The number of rotatable bonds is 3. The first-order valence-electron chi connectivity index (χ1n) is 5.89. The second-order valence-corrected chi connectivity index (χ2v) is 5.90. The Balaban J connectivity index is 1.83. The minimum atomic E-state index is -0.558. The van der Waals surface area contributed by atoms with Crippen molar-refractivity contribution in [2.24, 2.45) is 0 Å². The highest BCUT2D eigenvalue weighted by atomic mass is 32.1. The molecule has 0 aliphatic heterocycles. The van der Waals surface area contributed by atoms with Gasteiger partial charge in [0.15, 0.2) is 5.13 Å². The summed E-state index contributed by atoms with van der Waals surface area (Å²) in [6.45, 7) is 0. The third kappa shape index (κ3) is 2.98. The minimum Gasteiger partial charge on any atom is -0.297 e. The van der Waals surface area contributed by atoms with E-state index in [1.54, 1.807) is 22.9 Å². The minimum absolute atomic E-state index is 0.0721. The highest BCUT2D eigenvalue weighted by molar-refractivity contribution is 7.14. The predicted octanol–water partition coefficient (Wildman–Crippen LogP) is 4.40. The number of carbonyl (C=O) groups is 1. The molecule has 0 unspecified atom stereocenters. The summed E-state index contributed by atoms with van der Waals surface area (Å²) in [6.07, 6.45) is 0. The number of amides is 1. The Kier molecular flexibility index (Phi) is 3.76. The van der Waals surface area contributed by atoms with Crippen LogP contribution in [-0.2, 0) is 0 Å². The van der Waals surface area contributed by atoms with Crippen LogP contribution in [-0.4, -0.2) is 10.9 Å². The van der Waals surface area contributed by atoms with Crippen LogP contribution in [0.1, 0.15) is 9.67 Å². The molecule has 0 aliphatic carbocycles. The summed E-state index contributed by atoms with van der Waals surface area (Å²) >= 11 is 2.47. The highest BCUT2D eigenvalue weighted by Gasteiger charge is 2.13. The van der Waals surface area contributed by atoms with E-state index in [1.165, 1.54) is 11.3 Å². The molecule has 1 N–H and O–H groups in total. The monoisotopic (exact) mass is 322 g/mol. The topological polar surface area (TPSA) is 42.0 Å². The lowest BCUT2D eigenvalue weighted by Gasteiger charge is -2.00. The van der Waals surface area contributed by atoms with Crippen molar-refractivity contribution >= 4 is 33.7 Å². The molecule has 1 aromatic carbocycles. The van der Waals surface area contributed by atoms with E-state index >= 15 is 0 Å². The summed E-state index contributed by atoms with van der Waals surface area (Å²) in [7, 11) is 0. The largest absolute Gasteiger partial charge is 0.297 e. The van der Waals surface area contributed by atoms with Gasteiger partial charge in [-0.25, -0.2) is 13.8 Å². The molecule has 0 spiro atoms. The maximum Gasteiger partial charge on any atom is 0.267 e. The van der Waals surface area contributed by atoms with Crippen molar-refractivity contribution < 1.29 is 13.6 Å². The van der Waals surface area contributed by atoms with Gasteiger partial charge in [-0.05, 0) is 29.6 Å². The van der Waals surface area contributed by atoms with Crippen molar-refractivity contribution in [2.75, 3.05) is 5.32 Å². The Bertz CT molecular complexity index is 784. The van der Waals surface area contributed by atoms with Gasteiger partial charge in [-0.2, -0.15) is 0 Å². The number of thiazole rings is 1. The molecule has 1 amide bonds. The molecular formula is C14H8F2N2OS2. The van der Waals surface area contributed by atoms with Crippen molar-refractivity contribution in [3.05, 3.63) is 57.6 Å². The molecule has 0 bridgehead atoms. The van der Waals surface area contributed by atoms with Gasteiger partial charge in [0.25, 0.3) is 5.91 Å². The molecule has 2 aromatic heterocycles. The van der Waals surface area contributed by atoms with Gasteiger partial charge < -0.3 is 0 Å². The van der Waals surface area contributed by atoms with Gasteiger partial charge in [-0.15, -0.1) is 22.7 Å². The van der Waals surface area contributed by atoms with Crippen LogP contribution in [0.2, 0.25) is 0 Å². The Morgan fingerprint density at radius 1 is 1.19 bits per heavy atom. The number of aromatic nitrogens is 1. The number of nitrogens with one attached hydrogen (secondary N) is 1. The van der Waals surface area contributed by atoms with Gasteiger partial charge in [0.05, 0.1) is 10.6 Å². The van der Waals surface area contributed by atoms with Crippen LogP contribution in [0.4, 0.5) is 13.9 Å². The molecule has 3 rings (SSSR count). The number of anilines is 1. The van der Waals surface area contributed by atoms with Gasteiger partial charge in [-0.1, -0.05) is 6.07 Å². The molecule has 0 saturated heterocycles. The lowest BCUT2D eigenvalue weighted by atomic mass is 10.1. The molecule has 0 aliphatic rings. The Morgan fingerprint density at radius 3 is 2.81 bits per heavy atom. The molecule has 2 heterocycles. The number of carbonyl (C=O) groups excluding carboxylic acids is 1. The van der Waals surface area contributed by atoms with Crippen molar-refractivity contribution in [2.45, 2.75) is 0 Å². The lowest BCUT2D eigenvalue weighted by Crippen LogP contribution is -2.09. The first-order valence-corrected chi connectivity index (χ1v) is 7.65. The second kappa shape index (κ2) is 5.71. The van der Waals surface area contributed by atoms with Crippen molar-refractivity contribution in [3.63, 3.8) is 0 Å². The molecular weight excluding hydrogens is 314 g/mol. The Hall–Kier alpha value is -2.12. The van der Waals surface area contributed by atoms with E-state index in [9.17, 15) is 13.6 Å². The third-order valence-electron chi connectivity index (χ3n) is 2.67. The number of thiophene rings is 1. The summed E-state index contributed by atoms with van der Waals surface area (Å²) in [5, 5.41) is 6.34. The van der Waals surface area contributed by atoms with Crippen LogP contribution in [0.3, 0.4) is 0 Å². The average Bonchev–Trinajstić information content (AvgIpc) is 3.12. The fourth-order valence-electron chi connectivity index (χ4n) is 1.72. The van der Waals surface area contributed by atoms with Gasteiger partial charge >= 0.3 is 0 Å². The molecule has 0 radical (unpaired) electrons. The quantitative estimate of drug-likeness (QED) is 0.776. The summed E-state index contributed by atoms with van der Waals surface area (Å²) in [5.41, 5.74) is 0.362. The molecule has 0 fully saturated rings. The van der Waals surface area contributed by atoms with Crippen LogP contribution in [0.5, 0.6) is 0 Å². The van der Waals surface area contributed by atoms with Crippen LogP contribution in [0.15, 0.2) is 41.1 Å². The predicted molar refractivity (Wildman–Crippen MR) is 79.7 cm³/mol. The SMILES string of the molecule is O=C(Nc1nc(-c2cc(F)ccc2F)cs1)c1cccs1. The van der Waals surface area contributed by atoms with Crippen LogP contribution >= 0.6 is 22.7 Å². The molecule has 3 nitrogen and oxygen atoms in total. The number of nitrogens with zero attached hydrogens (tertiary/aromatic N) is 1. The van der Waals surface area contributed by atoms with Crippen molar-refractivity contribution in [3.8, 4) is 11.3 Å². The number of hydrogen-bond acceptors (Lipinski definition) is 4. The summed E-state index contributed by atoms with van der Waals surface area (Å²) in [5.74, 6) is -1.37. The van der Waals surface area contributed by atoms with E-state index in [1.807, 2.05) is 0 Å². The fraction of sp³-hybridized carbons (Fsp3) is 0. The van der Waals surface area contributed by atoms with Crippen molar-refractivity contribution in [1.82, 2.24) is 4.98 Å². The standard InChI is InChI=1S/C14H8F2N2OS2/c15-8-3-4-10(16)9(6-8)11-7-21-14(17-11)18-13(19)12-2-1-5-20-12/h1-7H,(H,17,18,19). The fourth-order valence-corrected chi connectivity index (χ4v) is 3.04. The number of benzene rings is 1. The molecule has 0 saturated carbocycles. The van der Waals surface area contributed by atoms with E-state index in [4.69, 9.17) is 0 Å². The second-order valence-electron chi connectivity index (χ2n) is 4.09. The first kappa shape index (κ1) is 13.8. The zero-order valence-electron chi connectivity index (χ0n) is 10.5. The highest BCUT2D eigenvalue weighted by Crippen LogP contribution is 2.28. The zero-order chi connectivity index (χ0) is 14.8. The van der Waals surface area contributed by atoms with E-state index in [0.29, 0.717) is 15.7 Å². The number of hydrogen-bond donors (Lipinski definition) is 1. The van der Waals surface area contributed by atoms with E-state index in [2.05, 4.69) is 10.3 Å². The lowest BCUT2D eigenvalue weighted by molar-refractivity contribution is 0.103. The molecule has 106 valence electrons. The maximum absolute atomic E-state index is 13.7. The zero-order valence-corrected chi connectivity index (χ0v) is 12.1. The van der Waals surface area contributed by atoms with Gasteiger partial charge in [0, 0.05) is 10.9 Å². The summed E-state index contributed by atoms with van der Waals surface area (Å²) < 4.78 is 26.8. The Labute approximate surface area is 126 Å². The van der Waals surface area contributed by atoms with E-state index in [-0.39, 0.29) is 11.5 Å². The summed E-state index contributed by atoms with van der Waals surface area (Å²) in [6, 6.07) is 6.64. The van der Waals surface area contributed by atoms with Crippen LogP contribution in [0.25, 0.3) is 11.3 Å². The molecule has 3 aromatic rings. The van der Waals surface area contributed by atoms with Gasteiger partial charge in [-0.3, -0.25) is 10.1 Å².